The number of rotatable bonds is 3. The van der Waals surface area contributed by atoms with Crippen molar-refractivity contribution in [3.8, 4) is 0 Å². The van der Waals surface area contributed by atoms with Crippen LogP contribution >= 0.6 is 0 Å². The molecule has 0 aliphatic carbocycles. The Labute approximate surface area is 84.2 Å². The Bertz CT molecular complexity index is 137. The van der Waals surface area contributed by atoms with E-state index in [1.165, 1.54) is 0 Å². The fourth-order valence-electron chi connectivity index (χ4n) is 0.174. The van der Waals surface area contributed by atoms with Crippen molar-refractivity contribution in [1.29, 1.82) is 0 Å². The second-order valence-corrected chi connectivity index (χ2v) is 1.31. The average Bonchev–Trinajstić information content (AvgIpc) is 1.63. The van der Waals surface area contributed by atoms with E-state index in [4.69, 9.17) is 5.11 Å². The molecule has 52 valence electrons. The van der Waals surface area contributed by atoms with Gasteiger partial charge in [-0.05, 0) is 6.92 Å². The summed E-state index contributed by atoms with van der Waals surface area (Å²) >= 11 is 0. The van der Waals surface area contributed by atoms with E-state index >= 15 is 0 Å². The summed E-state index contributed by atoms with van der Waals surface area (Å²) in [6.45, 7) is 1.07. The first-order valence-corrected chi connectivity index (χ1v) is 2.08. The van der Waals surface area contributed by atoms with Gasteiger partial charge in [0.2, 0.25) is 6.10 Å². The van der Waals surface area contributed by atoms with Gasteiger partial charge in [-0.2, -0.15) is 0 Å². The molecular weight excluding hydrogens is 269 g/mol. The van der Waals surface area contributed by atoms with Gasteiger partial charge in [-0.3, -0.25) is 4.84 Å². The molecule has 1 N–H and O–H groups in total. The third-order valence-corrected chi connectivity index (χ3v) is 0.592. The van der Waals surface area contributed by atoms with Crippen molar-refractivity contribution in [3.05, 3.63) is 10.1 Å². The summed E-state index contributed by atoms with van der Waals surface area (Å²) in [5.74, 6) is -1.35. The Morgan fingerprint density at radius 2 is 2.20 bits per heavy atom. The molecule has 0 fully saturated rings. The molecule has 0 spiro atoms. The molecule has 0 aromatic carbocycles. The molecule has 0 radical (unpaired) electrons. The summed E-state index contributed by atoms with van der Waals surface area (Å²) < 4.78 is 0. The van der Waals surface area contributed by atoms with Crippen molar-refractivity contribution in [2.75, 3.05) is 0 Å². The van der Waals surface area contributed by atoms with Crippen molar-refractivity contribution in [1.82, 2.24) is 0 Å². The molecule has 0 aromatic heterocycles. The quantitative estimate of drug-likeness (QED) is 0.562. The van der Waals surface area contributed by atoms with Crippen LogP contribution in [0.15, 0.2) is 0 Å². The maximum absolute atomic E-state index is 9.81. The van der Waals surface area contributed by atoms with Crippen LogP contribution in [0.4, 0.5) is 0 Å². The molecule has 0 amide bonds. The predicted molar refractivity (Wildman–Crippen MR) is 25.2 cm³/mol. The second-order valence-electron chi connectivity index (χ2n) is 1.31. The van der Waals surface area contributed by atoms with Crippen LogP contribution in [0.5, 0.6) is 0 Å². The van der Waals surface area contributed by atoms with Gasteiger partial charge in [-0.15, -0.1) is 10.1 Å². The first-order valence-electron chi connectivity index (χ1n) is 2.08. The van der Waals surface area contributed by atoms with Gasteiger partial charge in [-0.1, -0.05) is 0 Å². The SMILES string of the molecule is CC(O[N+](=O)[O-])C(=O)O.[La+3]. The van der Waals surface area contributed by atoms with Crippen LogP contribution in [-0.4, -0.2) is 22.3 Å². The number of aliphatic carboxylic acids is 1. The maximum atomic E-state index is 9.81. The van der Waals surface area contributed by atoms with Gasteiger partial charge in [0.15, 0.2) is 0 Å². The Kier molecular flexibility index (Phi) is 7.06. The van der Waals surface area contributed by atoms with E-state index in [0.29, 0.717) is 0 Å². The fourth-order valence-corrected chi connectivity index (χ4v) is 0.174. The van der Waals surface area contributed by atoms with E-state index in [2.05, 4.69) is 4.84 Å². The minimum atomic E-state index is -1.39. The van der Waals surface area contributed by atoms with Gasteiger partial charge in [0.1, 0.15) is 0 Å². The van der Waals surface area contributed by atoms with E-state index in [-0.39, 0.29) is 35.6 Å². The number of hydrogen-bond acceptors (Lipinski definition) is 4. The summed E-state index contributed by atoms with van der Waals surface area (Å²) in [6.07, 6.45) is -1.39. The molecule has 10 heavy (non-hydrogen) atoms. The molecule has 1 atom stereocenters. The standard InChI is InChI=1S/C3H5NO5.La/c1-2(3(5)6)9-4(7)8;/h2H,1H3,(H,5,6);/q;+3. The number of nitrogens with zero attached hydrogens (tertiary/aromatic N) is 1. The first kappa shape index (κ1) is 12.5. The van der Waals surface area contributed by atoms with E-state index in [1.807, 2.05) is 0 Å². The van der Waals surface area contributed by atoms with Crippen molar-refractivity contribution < 1.29 is 55.4 Å². The van der Waals surface area contributed by atoms with Crippen LogP contribution in [0.25, 0.3) is 0 Å². The molecule has 0 bridgehead atoms. The zero-order valence-electron chi connectivity index (χ0n) is 5.18. The molecular formula is C3H5LaNO5+3. The topological polar surface area (TPSA) is 89.7 Å². The van der Waals surface area contributed by atoms with Crippen LogP contribution in [-0.2, 0) is 9.63 Å². The van der Waals surface area contributed by atoms with Crippen LogP contribution in [0.1, 0.15) is 6.92 Å². The van der Waals surface area contributed by atoms with Gasteiger partial charge in [0, 0.05) is 0 Å². The molecule has 0 saturated carbocycles. The largest absolute Gasteiger partial charge is 3.00 e. The normalized spacial score (nSPS) is 10.9. The minimum Gasteiger partial charge on any atom is -0.480 e. The Morgan fingerprint density at radius 1 is 1.80 bits per heavy atom. The van der Waals surface area contributed by atoms with Crippen molar-refractivity contribution in [2.45, 2.75) is 13.0 Å². The summed E-state index contributed by atoms with van der Waals surface area (Å²) in [5, 5.41) is 16.3. The number of carbonyl (C=O) groups is 1. The van der Waals surface area contributed by atoms with Gasteiger partial charge < -0.3 is 5.11 Å². The smallest absolute Gasteiger partial charge is 0.480 e. The van der Waals surface area contributed by atoms with Crippen molar-refractivity contribution >= 4 is 5.97 Å². The van der Waals surface area contributed by atoms with Gasteiger partial charge in [0.05, 0.1) is 0 Å². The van der Waals surface area contributed by atoms with E-state index in [0.717, 1.165) is 6.92 Å². The molecule has 6 nitrogen and oxygen atoms in total. The molecule has 0 aromatic rings. The Balaban J connectivity index is 0. The Morgan fingerprint density at radius 3 is 2.30 bits per heavy atom. The minimum absolute atomic E-state index is 0. The van der Waals surface area contributed by atoms with Gasteiger partial charge in [0.25, 0.3) is 5.09 Å². The van der Waals surface area contributed by atoms with Crippen molar-refractivity contribution in [2.24, 2.45) is 0 Å². The average molecular weight is 274 g/mol. The summed E-state index contributed by atoms with van der Waals surface area (Å²) in [4.78, 5) is 22.9. The summed E-state index contributed by atoms with van der Waals surface area (Å²) in [6, 6.07) is 0. The summed E-state index contributed by atoms with van der Waals surface area (Å²) in [5.41, 5.74) is 0. The number of hydrogen-bond donors (Lipinski definition) is 1. The molecule has 0 aliphatic rings. The van der Waals surface area contributed by atoms with Crippen LogP contribution < -0.4 is 0 Å². The van der Waals surface area contributed by atoms with Gasteiger partial charge in [-0.25, -0.2) is 4.79 Å². The third kappa shape index (κ3) is 5.99. The number of carboxylic acids is 1. The molecule has 0 saturated heterocycles. The molecule has 1 unspecified atom stereocenters. The molecule has 0 aliphatic heterocycles. The third-order valence-electron chi connectivity index (χ3n) is 0.592. The van der Waals surface area contributed by atoms with Crippen LogP contribution in [0.3, 0.4) is 0 Å². The molecule has 0 rings (SSSR count). The monoisotopic (exact) mass is 274 g/mol. The van der Waals surface area contributed by atoms with E-state index in [1.54, 1.807) is 0 Å². The predicted octanol–water partition coefficient (Wildman–Crippen LogP) is -0.332. The van der Waals surface area contributed by atoms with Gasteiger partial charge >= 0.3 is 41.6 Å². The zero-order chi connectivity index (χ0) is 7.44. The van der Waals surface area contributed by atoms with Crippen LogP contribution in [0.2, 0.25) is 0 Å². The van der Waals surface area contributed by atoms with E-state index in [9.17, 15) is 14.9 Å². The number of carboxylic acid groups (broad SMARTS) is 1. The Hall–Kier alpha value is -0.135. The fraction of sp³-hybridized carbons (Fsp3) is 0.667. The summed E-state index contributed by atoms with van der Waals surface area (Å²) in [7, 11) is 0. The molecule has 7 heteroatoms. The maximum Gasteiger partial charge on any atom is 3.00 e. The first-order chi connectivity index (χ1) is 4.04. The van der Waals surface area contributed by atoms with Crippen molar-refractivity contribution in [3.63, 3.8) is 0 Å². The zero-order valence-corrected chi connectivity index (χ0v) is 8.81. The second kappa shape index (κ2) is 5.63. The van der Waals surface area contributed by atoms with Crippen LogP contribution in [0, 0.1) is 45.7 Å². The molecule has 0 heterocycles. The van der Waals surface area contributed by atoms with E-state index < -0.39 is 17.2 Å².